The van der Waals surface area contributed by atoms with Crippen molar-refractivity contribution in [1.29, 1.82) is 0 Å². The molecule has 0 N–H and O–H groups in total. The minimum atomic E-state index is 0.207. The third kappa shape index (κ3) is 3.22. The fourth-order valence-corrected chi connectivity index (χ4v) is 3.94. The zero-order valence-electron chi connectivity index (χ0n) is 16.4. The Morgan fingerprint density at radius 2 is 1.48 bits per heavy atom. The van der Waals surface area contributed by atoms with Gasteiger partial charge in [-0.3, -0.25) is 4.99 Å². The van der Waals surface area contributed by atoms with Crippen molar-refractivity contribution in [3.8, 4) is 0 Å². The summed E-state index contributed by atoms with van der Waals surface area (Å²) in [5, 5.41) is 0. The molecule has 0 amide bonds. The Morgan fingerprint density at radius 1 is 0.920 bits per heavy atom. The molecule has 0 fully saturated rings. The average Bonchev–Trinajstić information content (AvgIpc) is 2.58. The van der Waals surface area contributed by atoms with Crippen LogP contribution in [0.5, 0.6) is 0 Å². The molecule has 25 heavy (non-hydrogen) atoms. The molecule has 0 bridgehead atoms. The molecular weight excluding hydrogens is 304 g/mol. The topological polar surface area (TPSA) is 15.6 Å². The number of fused-ring (bicyclic) bond motifs is 1. The van der Waals surface area contributed by atoms with Gasteiger partial charge < -0.3 is 4.90 Å². The predicted molar refractivity (Wildman–Crippen MR) is 109 cm³/mol. The van der Waals surface area contributed by atoms with E-state index in [-0.39, 0.29) is 10.8 Å². The Bertz CT molecular complexity index is 785. The lowest BCUT2D eigenvalue weighted by Crippen LogP contribution is -2.34. The Balaban J connectivity index is 2.20. The maximum absolute atomic E-state index is 4.31. The first-order valence-corrected chi connectivity index (χ1v) is 9.18. The van der Waals surface area contributed by atoms with Gasteiger partial charge in [0.05, 0.1) is 12.0 Å². The van der Waals surface area contributed by atoms with Crippen LogP contribution in [-0.2, 0) is 10.8 Å². The van der Waals surface area contributed by atoms with Crippen LogP contribution in [0.3, 0.4) is 0 Å². The SMILES string of the molecule is C/N=C/N(c1ccccc1)c1cc2c(cc1C)C(C)(C)CCC2(C)C. The molecule has 2 aromatic carbocycles. The molecule has 1 aliphatic carbocycles. The highest BCUT2D eigenvalue weighted by atomic mass is 15.2. The van der Waals surface area contributed by atoms with Gasteiger partial charge in [0.15, 0.2) is 0 Å². The van der Waals surface area contributed by atoms with Gasteiger partial charge in [0.2, 0.25) is 0 Å². The number of para-hydroxylation sites is 1. The highest BCUT2D eigenvalue weighted by Gasteiger charge is 2.37. The van der Waals surface area contributed by atoms with Gasteiger partial charge in [-0.15, -0.1) is 0 Å². The van der Waals surface area contributed by atoms with Gasteiger partial charge in [0, 0.05) is 12.7 Å². The molecule has 2 aromatic rings. The van der Waals surface area contributed by atoms with Gasteiger partial charge >= 0.3 is 0 Å². The molecule has 0 saturated carbocycles. The number of hydrogen-bond donors (Lipinski definition) is 0. The number of nitrogens with zero attached hydrogens (tertiary/aromatic N) is 2. The standard InChI is InChI=1S/C23H30N2/c1-17-14-19-20(23(4,5)13-12-22(19,2)3)15-21(17)25(16-24-6)18-10-8-7-9-11-18/h7-11,14-16H,12-13H2,1-6H3/b24-16+. The molecule has 3 rings (SSSR count). The van der Waals surface area contributed by atoms with E-state index in [0.29, 0.717) is 0 Å². The lowest BCUT2D eigenvalue weighted by molar-refractivity contribution is 0.332. The third-order valence-corrected chi connectivity index (χ3v) is 5.69. The van der Waals surface area contributed by atoms with Crippen molar-refractivity contribution in [3.63, 3.8) is 0 Å². The first-order chi connectivity index (χ1) is 11.8. The lowest BCUT2D eigenvalue weighted by Gasteiger charge is -2.42. The maximum Gasteiger partial charge on any atom is 0.0936 e. The number of aryl methyl sites for hydroxylation is 1. The number of hydrogen-bond acceptors (Lipinski definition) is 1. The molecular formula is C23H30N2. The summed E-state index contributed by atoms with van der Waals surface area (Å²) in [6.07, 6.45) is 4.39. The van der Waals surface area contributed by atoms with E-state index in [9.17, 15) is 0 Å². The van der Waals surface area contributed by atoms with Gasteiger partial charge in [-0.05, 0) is 65.5 Å². The van der Waals surface area contributed by atoms with Gasteiger partial charge in [-0.1, -0.05) is 52.0 Å². The van der Waals surface area contributed by atoms with Crippen molar-refractivity contribution in [2.24, 2.45) is 4.99 Å². The summed E-state index contributed by atoms with van der Waals surface area (Å²) >= 11 is 0. The smallest absolute Gasteiger partial charge is 0.0936 e. The Labute approximate surface area is 152 Å². The Hall–Kier alpha value is -2.09. The summed E-state index contributed by atoms with van der Waals surface area (Å²) in [5.74, 6) is 0. The van der Waals surface area contributed by atoms with E-state index in [4.69, 9.17) is 0 Å². The van der Waals surface area contributed by atoms with Crippen LogP contribution in [0, 0.1) is 6.92 Å². The normalized spacial score (nSPS) is 18.2. The van der Waals surface area contributed by atoms with Crippen LogP contribution in [0.25, 0.3) is 0 Å². The largest absolute Gasteiger partial charge is 0.301 e. The fourth-order valence-electron chi connectivity index (χ4n) is 3.94. The summed E-state index contributed by atoms with van der Waals surface area (Å²) in [4.78, 5) is 6.51. The second-order valence-electron chi connectivity index (χ2n) is 8.53. The monoisotopic (exact) mass is 334 g/mol. The quantitative estimate of drug-likeness (QED) is 0.486. The molecule has 2 nitrogen and oxygen atoms in total. The Kier molecular flexibility index (Phi) is 4.49. The summed E-state index contributed by atoms with van der Waals surface area (Å²) in [6.45, 7) is 11.7. The zero-order valence-corrected chi connectivity index (χ0v) is 16.4. The first-order valence-electron chi connectivity index (χ1n) is 9.18. The minimum Gasteiger partial charge on any atom is -0.301 e. The molecule has 0 radical (unpaired) electrons. The van der Waals surface area contributed by atoms with E-state index in [1.165, 1.54) is 35.2 Å². The van der Waals surface area contributed by atoms with Crippen molar-refractivity contribution in [2.45, 2.75) is 58.3 Å². The lowest BCUT2D eigenvalue weighted by atomic mass is 9.63. The number of benzene rings is 2. The third-order valence-electron chi connectivity index (χ3n) is 5.69. The van der Waals surface area contributed by atoms with Crippen molar-refractivity contribution >= 4 is 17.7 Å². The Morgan fingerprint density at radius 3 is 2.04 bits per heavy atom. The second kappa shape index (κ2) is 6.33. The van der Waals surface area contributed by atoms with E-state index in [1.54, 1.807) is 0 Å². The highest BCUT2D eigenvalue weighted by molar-refractivity contribution is 5.90. The van der Waals surface area contributed by atoms with E-state index >= 15 is 0 Å². The van der Waals surface area contributed by atoms with E-state index in [2.05, 4.69) is 87.0 Å². The summed E-state index contributed by atoms with van der Waals surface area (Å²) < 4.78 is 0. The summed E-state index contributed by atoms with van der Waals surface area (Å²) in [7, 11) is 1.83. The molecule has 0 aliphatic heterocycles. The average molecular weight is 335 g/mol. The van der Waals surface area contributed by atoms with Crippen LogP contribution in [0.15, 0.2) is 47.5 Å². The van der Waals surface area contributed by atoms with Gasteiger partial charge in [-0.2, -0.15) is 0 Å². The van der Waals surface area contributed by atoms with E-state index in [1.807, 2.05) is 13.4 Å². The predicted octanol–water partition coefficient (Wildman–Crippen LogP) is 6.14. The maximum atomic E-state index is 4.31. The summed E-state index contributed by atoms with van der Waals surface area (Å²) in [6, 6.07) is 15.3. The molecule has 0 unspecified atom stereocenters. The molecule has 0 aromatic heterocycles. The summed E-state index contributed by atoms with van der Waals surface area (Å²) in [5.41, 5.74) is 7.10. The van der Waals surface area contributed by atoms with Crippen LogP contribution >= 0.6 is 0 Å². The molecule has 0 heterocycles. The highest BCUT2D eigenvalue weighted by Crippen LogP contribution is 2.48. The van der Waals surface area contributed by atoms with E-state index in [0.717, 1.165) is 5.69 Å². The molecule has 0 saturated heterocycles. The van der Waals surface area contributed by atoms with Crippen molar-refractivity contribution in [2.75, 3.05) is 11.9 Å². The van der Waals surface area contributed by atoms with Crippen LogP contribution in [-0.4, -0.2) is 13.4 Å². The van der Waals surface area contributed by atoms with Crippen LogP contribution < -0.4 is 4.90 Å². The van der Waals surface area contributed by atoms with Gasteiger partial charge in [-0.25, -0.2) is 0 Å². The minimum absolute atomic E-state index is 0.207. The van der Waals surface area contributed by atoms with E-state index < -0.39 is 0 Å². The van der Waals surface area contributed by atoms with Crippen molar-refractivity contribution < 1.29 is 0 Å². The molecule has 132 valence electrons. The van der Waals surface area contributed by atoms with Crippen LogP contribution in [0.1, 0.15) is 57.2 Å². The number of anilines is 2. The number of rotatable bonds is 3. The van der Waals surface area contributed by atoms with Gasteiger partial charge in [0.25, 0.3) is 0 Å². The second-order valence-corrected chi connectivity index (χ2v) is 8.53. The first kappa shape index (κ1) is 17.7. The molecule has 0 atom stereocenters. The van der Waals surface area contributed by atoms with Crippen molar-refractivity contribution in [3.05, 3.63) is 59.2 Å². The van der Waals surface area contributed by atoms with Gasteiger partial charge in [0.1, 0.15) is 0 Å². The van der Waals surface area contributed by atoms with Crippen molar-refractivity contribution in [1.82, 2.24) is 0 Å². The zero-order chi connectivity index (χ0) is 18.2. The molecule has 0 spiro atoms. The molecule has 1 aliphatic rings. The molecule has 2 heteroatoms. The van der Waals surface area contributed by atoms with Crippen LogP contribution in [0.4, 0.5) is 11.4 Å². The fraction of sp³-hybridized carbons (Fsp3) is 0.435. The number of aliphatic imine (C=N–C) groups is 1. The van der Waals surface area contributed by atoms with Crippen LogP contribution in [0.2, 0.25) is 0 Å².